The summed E-state index contributed by atoms with van der Waals surface area (Å²) >= 11 is 1.48. The SMILES string of the molecule is CCNC(=NCc1ncnn1C)NCCSc1ccccc1F.I. The lowest BCUT2D eigenvalue weighted by molar-refractivity contribution is 0.602. The lowest BCUT2D eigenvalue weighted by Gasteiger charge is -2.11. The molecule has 2 aromatic rings. The molecule has 1 aromatic carbocycles. The fourth-order valence-corrected chi connectivity index (χ4v) is 2.65. The Bertz CT molecular complexity index is 648. The quantitative estimate of drug-likeness (QED) is 0.217. The maximum absolute atomic E-state index is 13.5. The van der Waals surface area contributed by atoms with Gasteiger partial charge in [0.25, 0.3) is 0 Å². The number of hydrogen-bond acceptors (Lipinski definition) is 4. The van der Waals surface area contributed by atoms with E-state index >= 15 is 0 Å². The van der Waals surface area contributed by atoms with Crippen molar-refractivity contribution < 1.29 is 4.39 Å². The summed E-state index contributed by atoms with van der Waals surface area (Å²) in [7, 11) is 1.84. The van der Waals surface area contributed by atoms with Crippen LogP contribution in [0.5, 0.6) is 0 Å². The van der Waals surface area contributed by atoms with Crippen molar-refractivity contribution in [2.75, 3.05) is 18.8 Å². The summed E-state index contributed by atoms with van der Waals surface area (Å²) in [4.78, 5) is 9.27. The first-order valence-corrected chi connectivity index (χ1v) is 8.41. The van der Waals surface area contributed by atoms with Crippen molar-refractivity contribution in [1.82, 2.24) is 25.4 Å². The molecular weight excluding hydrogens is 442 g/mol. The second-order valence-corrected chi connectivity index (χ2v) is 5.84. The molecule has 2 N–H and O–H groups in total. The van der Waals surface area contributed by atoms with E-state index in [9.17, 15) is 4.39 Å². The zero-order valence-corrected chi connectivity index (χ0v) is 16.8. The van der Waals surface area contributed by atoms with E-state index in [4.69, 9.17) is 0 Å². The van der Waals surface area contributed by atoms with Gasteiger partial charge in [0.15, 0.2) is 5.96 Å². The van der Waals surface area contributed by atoms with Crippen LogP contribution >= 0.6 is 35.7 Å². The molecule has 0 unspecified atom stereocenters. The summed E-state index contributed by atoms with van der Waals surface area (Å²) in [6.45, 7) is 3.91. The lowest BCUT2D eigenvalue weighted by atomic mass is 10.3. The van der Waals surface area contributed by atoms with Gasteiger partial charge in [-0.1, -0.05) is 12.1 Å². The van der Waals surface area contributed by atoms with Crippen molar-refractivity contribution in [2.24, 2.45) is 12.0 Å². The van der Waals surface area contributed by atoms with Gasteiger partial charge in [-0.25, -0.2) is 14.4 Å². The third kappa shape index (κ3) is 6.63. The highest BCUT2D eigenvalue weighted by molar-refractivity contribution is 14.0. The Morgan fingerprint density at radius 1 is 1.33 bits per heavy atom. The minimum absolute atomic E-state index is 0. The Morgan fingerprint density at radius 2 is 2.12 bits per heavy atom. The number of guanidine groups is 1. The van der Waals surface area contributed by atoms with Gasteiger partial charge < -0.3 is 10.6 Å². The van der Waals surface area contributed by atoms with Gasteiger partial charge >= 0.3 is 0 Å². The molecule has 2 rings (SSSR count). The maximum Gasteiger partial charge on any atom is 0.191 e. The van der Waals surface area contributed by atoms with Gasteiger partial charge in [-0.15, -0.1) is 35.7 Å². The number of aromatic nitrogens is 3. The molecule has 0 bridgehead atoms. The largest absolute Gasteiger partial charge is 0.357 e. The van der Waals surface area contributed by atoms with Gasteiger partial charge in [-0.3, -0.25) is 4.68 Å². The predicted octanol–water partition coefficient (Wildman–Crippen LogP) is 2.42. The van der Waals surface area contributed by atoms with Crippen LogP contribution in [0.4, 0.5) is 4.39 Å². The Balaban J connectivity index is 0.00000288. The summed E-state index contributed by atoms with van der Waals surface area (Å²) < 4.78 is 15.2. The van der Waals surface area contributed by atoms with Crippen molar-refractivity contribution in [3.63, 3.8) is 0 Å². The molecule has 0 fully saturated rings. The van der Waals surface area contributed by atoms with Crippen molar-refractivity contribution in [1.29, 1.82) is 0 Å². The molecule has 0 aliphatic heterocycles. The smallest absolute Gasteiger partial charge is 0.191 e. The van der Waals surface area contributed by atoms with E-state index in [1.165, 1.54) is 24.2 Å². The fourth-order valence-electron chi connectivity index (χ4n) is 1.85. The van der Waals surface area contributed by atoms with E-state index in [1.54, 1.807) is 16.8 Å². The second kappa shape index (κ2) is 11.2. The summed E-state index contributed by atoms with van der Waals surface area (Å²) in [5.74, 6) is 2.07. The second-order valence-electron chi connectivity index (χ2n) is 4.70. The minimum Gasteiger partial charge on any atom is -0.357 e. The summed E-state index contributed by atoms with van der Waals surface area (Å²) in [5.41, 5.74) is 0. The number of aryl methyl sites for hydroxylation is 1. The molecule has 0 aliphatic rings. The van der Waals surface area contributed by atoms with E-state index in [0.29, 0.717) is 23.9 Å². The average Bonchev–Trinajstić information content (AvgIpc) is 2.96. The Morgan fingerprint density at radius 3 is 2.79 bits per heavy atom. The zero-order valence-electron chi connectivity index (χ0n) is 13.7. The Hall–Kier alpha value is -1.36. The number of hydrogen-bond donors (Lipinski definition) is 2. The molecule has 132 valence electrons. The van der Waals surface area contributed by atoms with Gasteiger partial charge in [0.05, 0.1) is 0 Å². The highest BCUT2D eigenvalue weighted by atomic mass is 127. The molecule has 0 spiro atoms. The van der Waals surface area contributed by atoms with Gasteiger partial charge in [-0.05, 0) is 19.1 Å². The van der Waals surface area contributed by atoms with Gasteiger partial charge in [0, 0.05) is 30.8 Å². The van der Waals surface area contributed by atoms with Gasteiger partial charge in [0.1, 0.15) is 24.5 Å². The average molecular weight is 464 g/mol. The number of nitrogens with zero attached hydrogens (tertiary/aromatic N) is 4. The Kier molecular flexibility index (Phi) is 9.69. The number of rotatable bonds is 7. The molecule has 0 saturated carbocycles. The van der Waals surface area contributed by atoms with E-state index in [1.807, 2.05) is 20.0 Å². The topological polar surface area (TPSA) is 67.1 Å². The number of thioether (sulfide) groups is 1. The molecule has 6 nitrogen and oxygen atoms in total. The highest BCUT2D eigenvalue weighted by Crippen LogP contribution is 2.20. The first-order valence-electron chi connectivity index (χ1n) is 7.43. The van der Waals surface area contributed by atoms with Crippen LogP contribution in [0, 0.1) is 5.82 Å². The van der Waals surface area contributed by atoms with Crippen LogP contribution in [0.25, 0.3) is 0 Å². The first-order chi connectivity index (χ1) is 11.2. The molecular formula is C15H22FIN6S. The van der Waals surface area contributed by atoms with Crippen molar-refractivity contribution in [2.45, 2.75) is 18.4 Å². The molecule has 0 amide bonds. The van der Waals surface area contributed by atoms with Crippen LogP contribution in [0.1, 0.15) is 12.7 Å². The molecule has 0 aliphatic carbocycles. The number of halogens is 2. The van der Waals surface area contributed by atoms with Crippen LogP contribution < -0.4 is 10.6 Å². The lowest BCUT2D eigenvalue weighted by Crippen LogP contribution is -2.38. The summed E-state index contributed by atoms with van der Waals surface area (Å²) in [6, 6.07) is 6.79. The molecule has 1 aromatic heterocycles. The van der Waals surface area contributed by atoms with Crippen molar-refractivity contribution >= 4 is 41.7 Å². The minimum atomic E-state index is -0.180. The third-order valence-corrected chi connectivity index (χ3v) is 4.07. The number of aliphatic imine (C=N–C) groups is 1. The molecule has 0 saturated heterocycles. The zero-order chi connectivity index (χ0) is 16.5. The van der Waals surface area contributed by atoms with E-state index in [2.05, 4.69) is 25.7 Å². The first kappa shape index (κ1) is 20.7. The molecule has 0 atom stereocenters. The van der Waals surface area contributed by atoms with Crippen molar-refractivity contribution in [3.8, 4) is 0 Å². The number of nitrogens with one attached hydrogen (secondary N) is 2. The summed E-state index contributed by atoms with van der Waals surface area (Å²) in [5, 5.41) is 10.4. The molecule has 1 heterocycles. The van der Waals surface area contributed by atoms with E-state index in [0.717, 1.165) is 18.1 Å². The number of benzene rings is 1. The molecule has 24 heavy (non-hydrogen) atoms. The molecule has 9 heteroatoms. The fraction of sp³-hybridized carbons (Fsp3) is 0.400. The maximum atomic E-state index is 13.5. The van der Waals surface area contributed by atoms with E-state index < -0.39 is 0 Å². The van der Waals surface area contributed by atoms with Crippen LogP contribution in [-0.2, 0) is 13.6 Å². The van der Waals surface area contributed by atoms with Crippen LogP contribution in [0.3, 0.4) is 0 Å². The normalized spacial score (nSPS) is 11.0. The standard InChI is InChI=1S/C15H21FN6S.HI/c1-3-17-15(19-10-14-20-11-21-22(14)2)18-8-9-23-13-7-5-4-6-12(13)16;/h4-7,11H,3,8-10H2,1-2H3,(H2,17,18,19);1H. The van der Waals surface area contributed by atoms with Gasteiger partial charge in [0.2, 0.25) is 0 Å². The summed E-state index contributed by atoms with van der Waals surface area (Å²) in [6.07, 6.45) is 1.51. The third-order valence-electron chi connectivity index (χ3n) is 3.02. The molecule has 0 radical (unpaired) electrons. The monoisotopic (exact) mass is 464 g/mol. The predicted molar refractivity (Wildman–Crippen MR) is 106 cm³/mol. The van der Waals surface area contributed by atoms with Crippen LogP contribution in [0.2, 0.25) is 0 Å². The van der Waals surface area contributed by atoms with E-state index in [-0.39, 0.29) is 29.8 Å². The van der Waals surface area contributed by atoms with Crippen LogP contribution in [0.15, 0.2) is 40.5 Å². The van der Waals surface area contributed by atoms with Crippen LogP contribution in [-0.4, -0.2) is 39.6 Å². The highest BCUT2D eigenvalue weighted by Gasteiger charge is 2.03. The van der Waals surface area contributed by atoms with Gasteiger partial charge in [-0.2, -0.15) is 5.10 Å². The Labute approximate surface area is 162 Å². The van der Waals surface area contributed by atoms with Crippen molar-refractivity contribution in [3.05, 3.63) is 42.2 Å².